The minimum Gasteiger partial charge on any atom is -0.353 e. The van der Waals surface area contributed by atoms with Gasteiger partial charge in [-0.05, 0) is 30.9 Å². The van der Waals surface area contributed by atoms with Gasteiger partial charge in [-0.1, -0.05) is 0 Å². The van der Waals surface area contributed by atoms with E-state index in [0.717, 1.165) is 11.3 Å². The third kappa shape index (κ3) is 5.23. The van der Waals surface area contributed by atoms with Crippen molar-refractivity contribution in [2.24, 2.45) is 5.73 Å². The third-order valence-corrected chi connectivity index (χ3v) is 3.02. The summed E-state index contributed by atoms with van der Waals surface area (Å²) >= 11 is 1.70. The Balaban J connectivity index is 2.19. The predicted octanol–water partition coefficient (Wildman–Crippen LogP) is 0.388. The first-order valence-electron chi connectivity index (χ1n) is 5.64. The van der Waals surface area contributed by atoms with Gasteiger partial charge in [0.15, 0.2) is 0 Å². The Hall–Kier alpha value is -1.01. The molecule has 17 heavy (non-hydrogen) atoms. The van der Waals surface area contributed by atoms with Crippen LogP contribution in [0.4, 0.5) is 0 Å². The van der Waals surface area contributed by atoms with Crippen molar-refractivity contribution in [3.63, 3.8) is 0 Å². The van der Waals surface area contributed by atoms with Crippen molar-refractivity contribution in [1.29, 1.82) is 0 Å². The molecule has 6 heteroatoms. The lowest BCUT2D eigenvalue weighted by molar-refractivity contribution is -0.122. The van der Waals surface area contributed by atoms with Gasteiger partial charge < -0.3 is 11.1 Å². The molecule has 0 saturated heterocycles. The molecule has 3 N–H and O–H groups in total. The maximum absolute atomic E-state index is 11.6. The van der Waals surface area contributed by atoms with Gasteiger partial charge in [-0.25, -0.2) is 0 Å². The molecule has 0 aliphatic carbocycles. The Morgan fingerprint density at radius 2 is 2.47 bits per heavy atom. The number of amides is 1. The second-order valence-electron chi connectivity index (χ2n) is 3.96. The highest BCUT2D eigenvalue weighted by molar-refractivity contribution is 7.98. The summed E-state index contributed by atoms with van der Waals surface area (Å²) in [5, 5.41) is 6.95. The van der Waals surface area contributed by atoms with E-state index in [1.807, 2.05) is 24.1 Å². The molecular formula is C11H20N4OS. The Morgan fingerprint density at radius 3 is 3.06 bits per heavy atom. The molecule has 5 nitrogen and oxygen atoms in total. The number of nitrogens with zero attached hydrogens (tertiary/aromatic N) is 2. The van der Waals surface area contributed by atoms with Crippen molar-refractivity contribution in [2.75, 3.05) is 18.6 Å². The third-order valence-electron chi connectivity index (χ3n) is 2.37. The Kier molecular flexibility index (Phi) is 6.07. The number of aryl methyl sites for hydroxylation is 1. The van der Waals surface area contributed by atoms with Gasteiger partial charge in [-0.2, -0.15) is 16.9 Å². The molecule has 1 aromatic heterocycles. The van der Waals surface area contributed by atoms with Crippen LogP contribution in [0, 0.1) is 6.92 Å². The van der Waals surface area contributed by atoms with Crippen molar-refractivity contribution in [2.45, 2.75) is 25.9 Å². The Labute approximate surface area is 106 Å². The first-order valence-corrected chi connectivity index (χ1v) is 7.04. The second-order valence-corrected chi connectivity index (χ2v) is 4.95. The van der Waals surface area contributed by atoms with Gasteiger partial charge in [0.1, 0.15) is 0 Å². The smallest absolute Gasteiger partial charge is 0.237 e. The van der Waals surface area contributed by atoms with Crippen LogP contribution in [0.25, 0.3) is 0 Å². The highest BCUT2D eigenvalue weighted by Crippen LogP contribution is 1.98. The number of nitrogens with two attached hydrogens (primary N) is 1. The predicted molar refractivity (Wildman–Crippen MR) is 70.9 cm³/mol. The molecule has 0 unspecified atom stereocenters. The SMILES string of the molecule is CSCC[C@H](N)C(=O)NCCn1cc(C)cn1. The van der Waals surface area contributed by atoms with Crippen molar-refractivity contribution in [1.82, 2.24) is 15.1 Å². The van der Waals surface area contributed by atoms with Crippen LogP contribution in [0.2, 0.25) is 0 Å². The van der Waals surface area contributed by atoms with Crippen molar-refractivity contribution in [3.05, 3.63) is 18.0 Å². The fraction of sp³-hybridized carbons (Fsp3) is 0.636. The zero-order chi connectivity index (χ0) is 12.7. The van der Waals surface area contributed by atoms with E-state index in [1.165, 1.54) is 0 Å². The average Bonchev–Trinajstić information content (AvgIpc) is 2.71. The van der Waals surface area contributed by atoms with Crippen LogP contribution >= 0.6 is 11.8 Å². The maximum atomic E-state index is 11.6. The number of hydrogen-bond acceptors (Lipinski definition) is 4. The lowest BCUT2D eigenvalue weighted by Crippen LogP contribution is -2.42. The van der Waals surface area contributed by atoms with Gasteiger partial charge in [0.25, 0.3) is 0 Å². The molecule has 0 bridgehead atoms. The summed E-state index contributed by atoms with van der Waals surface area (Å²) in [6.45, 7) is 3.22. The first kappa shape index (κ1) is 14.1. The number of hydrogen-bond donors (Lipinski definition) is 2. The van der Waals surface area contributed by atoms with Crippen LogP contribution in [0.1, 0.15) is 12.0 Å². The zero-order valence-electron chi connectivity index (χ0n) is 10.3. The molecule has 1 heterocycles. The van der Waals surface area contributed by atoms with E-state index in [0.29, 0.717) is 19.5 Å². The number of carbonyl (C=O) groups is 1. The van der Waals surface area contributed by atoms with E-state index in [1.54, 1.807) is 18.0 Å². The van der Waals surface area contributed by atoms with Crippen LogP contribution < -0.4 is 11.1 Å². The topological polar surface area (TPSA) is 72.9 Å². The van der Waals surface area contributed by atoms with Gasteiger partial charge in [0.2, 0.25) is 5.91 Å². The second kappa shape index (κ2) is 7.34. The van der Waals surface area contributed by atoms with Crippen molar-refractivity contribution >= 4 is 17.7 Å². The Bertz CT molecular complexity index is 353. The molecule has 1 atom stereocenters. The van der Waals surface area contributed by atoms with Crippen LogP contribution in [0.3, 0.4) is 0 Å². The zero-order valence-corrected chi connectivity index (χ0v) is 11.2. The average molecular weight is 256 g/mol. The maximum Gasteiger partial charge on any atom is 0.237 e. The van der Waals surface area contributed by atoms with Crippen LogP contribution in [0.15, 0.2) is 12.4 Å². The van der Waals surface area contributed by atoms with E-state index in [4.69, 9.17) is 5.73 Å². The molecule has 1 amide bonds. The first-order chi connectivity index (χ1) is 8.13. The van der Waals surface area contributed by atoms with Crippen LogP contribution in [0.5, 0.6) is 0 Å². The molecule has 1 aromatic rings. The normalized spacial score (nSPS) is 12.4. The van der Waals surface area contributed by atoms with E-state index >= 15 is 0 Å². The number of carbonyl (C=O) groups excluding carboxylic acids is 1. The van der Waals surface area contributed by atoms with E-state index in [-0.39, 0.29) is 5.91 Å². The van der Waals surface area contributed by atoms with Gasteiger partial charge in [-0.15, -0.1) is 0 Å². The minimum atomic E-state index is -0.401. The van der Waals surface area contributed by atoms with Crippen LogP contribution in [-0.2, 0) is 11.3 Å². The summed E-state index contributed by atoms with van der Waals surface area (Å²) in [5.74, 6) is 0.829. The monoisotopic (exact) mass is 256 g/mol. The molecule has 96 valence electrons. The summed E-state index contributed by atoms with van der Waals surface area (Å²) in [6, 6.07) is -0.401. The van der Waals surface area contributed by atoms with Gasteiger partial charge in [0.05, 0.1) is 18.8 Å². The fourth-order valence-electron chi connectivity index (χ4n) is 1.39. The molecule has 0 radical (unpaired) electrons. The molecule has 0 aliphatic rings. The number of nitrogens with one attached hydrogen (secondary N) is 1. The van der Waals surface area contributed by atoms with Gasteiger partial charge in [0, 0.05) is 12.7 Å². The highest BCUT2D eigenvalue weighted by atomic mass is 32.2. The number of thioether (sulfide) groups is 1. The largest absolute Gasteiger partial charge is 0.353 e. The molecule has 0 aromatic carbocycles. The van der Waals surface area contributed by atoms with Crippen molar-refractivity contribution in [3.8, 4) is 0 Å². The number of rotatable bonds is 7. The summed E-state index contributed by atoms with van der Waals surface area (Å²) in [7, 11) is 0. The van der Waals surface area contributed by atoms with E-state index in [2.05, 4.69) is 10.4 Å². The standard InChI is InChI=1S/C11H20N4OS/c1-9-7-14-15(8-9)5-4-13-11(16)10(12)3-6-17-2/h7-8,10H,3-6,12H2,1-2H3,(H,13,16)/t10-/m0/s1. The quantitative estimate of drug-likeness (QED) is 0.740. The van der Waals surface area contributed by atoms with Gasteiger partial charge >= 0.3 is 0 Å². The number of aromatic nitrogens is 2. The minimum absolute atomic E-state index is 0.0806. The van der Waals surface area contributed by atoms with Crippen LogP contribution in [-0.4, -0.2) is 40.3 Å². The summed E-state index contributed by atoms with van der Waals surface area (Å²) in [4.78, 5) is 11.6. The Morgan fingerprint density at radius 1 is 1.71 bits per heavy atom. The lowest BCUT2D eigenvalue weighted by atomic mass is 10.2. The summed E-state index contributed by atoms with van der Waals surface area (Å²) in [6.07, 6.45) is 6.46. The van der Waals surface area contributed by atoms with Crippen molar-refractivity contribution < 1.29 is 4.79 Å². The molecular weight excluding hydrogens is 236 g/mol. The summed E-state index contributed by atoms with van der Waals surface area (Å²) < 4.78 is 1.81. The summed E-state index contributed by atoms with van der Waals surface area (Å²) in [5.41, 5.74) is 6.86. The molecule has 0 aliphatic heterocycles. The van der Waals surface area contributed by atoms with E-state index < -0.39 is 6.04 Å². The fourth-order valence-corrected chi connectivity index (χ4v) is 1.88. The molecule has 0 spiro atoms. The lowest BCUT2D eigenvalue weighted by Gasteiger charge is -2.11. The molecule has 0 fully saturated rings. The molecule has 1 rings (SSSR count). The van der Waals surface area contributed by atoms with Gasteiger partial charge in [-0.3, -0.25) is 9.48 Å². The molecule has 0 saturated carbocycles. The van der Waals surface area contributed by atoms with E-state index in [9.17, 15) is 4.79 Å². The highest BCUT2D eigenvalue weighted by Gasteiger charge is 2.11.